The van der Waals surface area contributed by atoms with E-state index in [1.165, 1.54) is 5.57 Å². The van der Waals surface area contributed by atoms with Crippen LogP contribution in [0.1, 0.15) is 48.0 Å². The van der Waals surface area contributed by atoms with Gasteiger partial charge in [-0.05, 0) is 24.5 Å². The normalized spacial score (nSPS) is 20.4. The van der Waals surface area contributed by atoms with Gasteiger partial charge in [-0.2, -0.15) is 0 Å². The van der Waals surface area contributed by atoms with E-state index in [0.29, 0.717) is 12.0 Å². The fraction of sp³-hybridized carbons (Fsp3) is 0.692. The second-order valence-electron chi connectivity index (χ2n) is 3.68. The third-order valence-electron chi connectivity index (χ3n) is 2.21. The van der Waals surface area contributed by atoms with Crippen molar-refractivity contribution in [2.75, 3.05) is 0 Å². The van der Waals surface area contributed by atoms with Gasteiger partial charge in [0.1, 0.15) is 6.10 Å². The van der Waals surface area contributed by atoms with Gasteiger partial charge in [0.2, 0.25) is 0 Å². The van der Waals surface area contributed by atoms with E-state index in [1.807, 2.05) is 13.8 Å². The van der Waals surface area contributed by atoms with E-state index in [0.717, 1.165) is 12.2 Å². The Morgan fingerprint density at radius 1 is 1.29 bits per heavy atom. The van der Waals surface area contributed by atoms with E-state index in [9.17, 15) is 0 Å². The van der Waals surface area contributed by atoms with Crippen LogP contribution in [0.15, 0.2) is 23.5 Å². The van der Waals surface area contributed by atoms with Crippen molar-refractivity contribution in [1.82, 2.24) is 0 Å². The minimum Gasteiger partial charge on any atom is -0.490 e. The number of rotatable bonds is 2. The zero-order chi connectivity index (χ0) is 11.1. The Bertz CT molecular complexity index is 211. The van der Waals surface area contributed by atoms with Crippen LogP contribution in [0, 0.1) is 5.92 Å². The molecule has 1 aliphatic heterocycles. The molecule has 82 valence electrons. The fourth-order valence-electron chi connectivity index (χ4n) is 1.48. The molecule has 1 heterocycles. The van der Waals surface area contributed by atoms with Gasteiger partial charge in [0, 0.05) is 6.42 Å². The Morgan fingerprint density at radius 2 is 1.86 bits per heavy atom. The van der Waals surface area contributed by atoms with Crippen molar-refractivity contribution >= 4 is 0 Å². The summed E-state index contributed by atoms with van der Waals surface area (Å²) in [7, 11) is 0. The summed E-state index contributed by atoms with van der Waals surface area (Å²) < 4.78 is 5.80. The molecule has 0 radical (unpaired) electrons. The van der Waals surface area contributed by atoms with E-state index in [4.69, 9.17) is 4.74 Å². The Balaban J connectivity index is 0.000000791. The highest BCUT2D eigenvalue weighted by molar-refractivity contribution is 5.22. The van der Waals surface area contributed by atoms with E-state index < -0.39 is 0 Å². The molecule has 0 aliphatic carbocycles. The van der Waals surface area contributed by atoms with Gasteiger partial charge in [0.25, 0.3) is 0 Å². The van der Waals surface area contributed by atoms with Crippen LogP contribution >= 0.6 is 0 Å². The van der Waals surface area contributed by atoms with Gasteiger partial charge >= 0.3 is 0 Å². The lowest BCUT2D eigenvalue weighted by Crippen LogP contribution is -2.22. The Labute approximate surface area is 88.9 Å². The molecule has 0 fully saturated rings. The molecule has 1 aliphatic rings. The molecule has 0 saturated carbocycles. The topological polar surface area (TPSA) is 9.23 Å². The van der Waals surface area contributed by atoms with E-state index >= 15 is 0 Å². The average Bonchev–Trinajstić information content (AvgIpc) is 2.21. The molecular weight excluding hydrogens is 172 g/mol. The van der Waals surface area contributed by atoms with Crippen LogP contribution in [0.4, 0.5) is 0 Å². The first-order chi connectivity index (χ1) is 6.65. The van der Waals surface area contributed by atoms with Crippen LogP contribution in [0.3, 0.4) is 0 Å². The third-order valence-corrected chi connectivity index (χ3v) is 2.21. The van der Waals surface area contributed by atoms with Crippen LogP contribution in [-0.2, 0) is 4.74 Å². The standard InChI is InChI=1S/C11H18O.C2H6/c1-5-10-7-6-9(4)11(12-10)8(2)3;1-2/h6-8,11H,5H2,1-4H3;1-2H3. The maximum absolute atomic E-state index is 5.80. The summed E-state index contributed by atoms with van der Waals surface area (Å²) >= 11 is 0. The van der Waals surface area contributed by atoms with Crippen LogP contribution in [0.5, 0.6) is 0 Å². The first-order valence-corrected chi connectivity index (χ1v) is 5.69. The first kappa shape index (κ1) is 13.3. The van der Waals surface area contributed by atoms with E-state index in [2.05, 4.69) is 39.8 Å². The summed E-state index contributed by atoms with van der Waals surface area (Å²) in [5.41, 5.74) is 1.34. The van der Waals surface area contributed by atoms with Crippen molar-refractivity contribution in [3.63, 3.8) is 0 Å². The Morgan fingerprint density at radius 3 is 2.29 bits per heavy atom. The maximum atomic E-state index is 5.80. The second kappa shape index (κ2) is 6.69. The molecule has 1 nitrogen and oxygen atoms in total. The van der Waals surface area contributed by atoms with Gasteiger partial charge in [0.15, 0.2) is 0 Å². The molecule has 1 rings (SSSR count). The monoisotopic (exact) mass is 196 g/mol. The molecule has 0 aromatic rings. The molecule has 0 spiro atoms. The number of allylic oxidation sites excluding steroid dienone is 3. The summed E-state index contributed by atoms with van der Waals surface area (Å²) in [4.78, 5) is 0. The smallest absolute Gasteiger partial charge is 0.122 e. The molecule has 0 bridgehead atoms. The number of hydrogen-bond donors (Lipinski definition) is 0. The zero-order valence-corrected chi connectivity index (χ0v) is 10.4. The quantitative estimate of drug-likeness (QED) is 0.639. The lowest BCUT2D eigenvalue weighted by molar-refractivity contribution is 0.0973. The van der Waals surface area contributed by atoms with Crippen molar-refractivity contribution in [2.45, 2.75) is 54.1 Å². The van der Waals surface area contributed by atoms with Gasteiger partial charge in [-0.1, -0.05) is 40.7 Å². The molecular formula is C13H24O. The van der Waals surface area contributed by atoms with Crippen LogP contribution < -0.4 is 0 Å². The minimum absolute atomic E-state index is 0.296. The minimum atomic E-state index is 0.296. The Hall–Kier alpha value is -0.720. The summed E-state index contributed by atoms with van der Waals surface area (Å²) in [6.45, 7) is 12.6. The highest BCUT2D eigenvalue weighted by Crippen LogP contribution is 2.24. The van der Waals surface area contributed by atoms with Gasteiger partial charge < -0.3 is 4.74 Å². The molecule has 1 atom stereocenters. The van der Waals surface area contributed by atoms with Crippen molar-refractivity contribution < 1.29 is 4.74 Å². The zero-order valence-electron chi connectivity index (χ0n) is 10.4. The molecule has 14 heavy (non-hydrogen) atoms. The highest BCUT2D eigenvalue weighted by Gasteiger charge is 2.19. The molecule has 1 heteroatoms. The van der Waals surface area contributed by atoms with Crippen LogP contribution in [0.2, 0.25) is 0 Å². The predicted octanol–water partition coefficient (Wildman–Crippen LogP) is 4.31. The van der Waals surface area contributed by atoms with E-state index in [1.54, 1.807) is 0 Å². The fourth-order valence-corrected chi connectivity index (χ4v) is 1.48. The molecule has 0 saturated heterocycles. The van der Waals surface area contributed by atoms with Gasteiger partial charge in [-0.25, -0.2) is 0 Å². The van der Waals surface area contributed by atoms with Crippen molar-refractivity contribution in [2.24, 2.45) is 5.92 Å². The molecule has 0 N–H and O–H groups in total. The van der Waals surface area contributed by atoms with Crippen molar-refractivity contribution in [3.05, 3.63) is 23.5 Å². The summed E-state index contributed by atoms with van der Waals surface area (Å²) in [6.07, 6.45) is 5.54. The molecule has 0 aromatic heterocycles. The number of hydrogen-bond acceptors (Lipinski definition) is 1. The Kier molecular flexibility index (Phi) is 6.35. The van der Waals surface area contributed by atoms with Gasteiger partial charge in [-0.3, -0.25) is 0 Å². The molecule has 0 aromatic carbocycles. The van der Waals surface area contributed by atoms with Gasteiger partial charge in [0.05, 0.1) is 5.76 Å². The summed E-state index contributed by atoms with van der Waals surface area (Å²) in [5.74, 6) is 1.68. The highest BCUT2D eigenvalue weighted by atomic mass is 16.5. The first-order valence-electron chi connectivity index (χ1n) is 5.69. The SMILES string of the molecule is CC.CCC1=CC=C(C)C(C(C)C)O1. The third kappa shape index (κ3) is 3.57. The van der Waals surface area contributed by atoms with E-state index in [-0.39, 0.29) is 0 Å². The molecule has 1 unspecified atom stereocenters. The lowest BCUT2D eigenvalue weighted by atomic mass is 9.98. The predicted molar refractivity (Wildman–Crippen MR) is 63.2 cm³/mol. The lowest BCUT2D eigenvalue weighted by Gasteiger charge is -2.27. The largest absolute Gasteiger partial charge is 0.490 e. The van der Waals surface area contributed by atoms with Gasteiger partial charge in [-0.15, -0.1) is 0 Å². The second-order valence-corrected chi connectivity index (χ2v) is 3.68. The number of ether oxygens (including phenoxy) is 1. The van der Waals surface area contributed by atoms with Crippen LogP contribution in [-0.4, -0.2) is 6.10 Å². The maximum Gasteiger partial charge on any atom is 0.122 e. The molecule has 0 amide bonds. The summed E-state index contributed by atoms with van der Waals surface area (Å²) in [5, 5.41) is 0. The average molecular weight is 196 g/mol. The van der Waals surface area contributed by atoms with Crippen LogP contribution in [0.25, 0.3) is 0 Å². The van der Waals surface area contributed by atoms with Crippen molar-refractivity contribution in [3.8, 4) is 0 Å². The van der Waals surface area contributed by atoms with Crippen molar-refractivity contribution in [1.29, 1.82) is 0 Å². The summed E-state index contributed by atoms with van der Waals surface area (Å²) in [6, 6.07) is 0.